The van der Waals surface area contributed by atoms with Crippen LogP contribution in [0.15, 0.2) is 23.2 Å². The first-order valence-corrected chi connectivity index (χ1v) is 10.3. The van der Waals surface area contributed by atoms with Crippen LogP contribution in [0.25, 0.3) is 0 Å². The lowest BCUT2D eigenvalue weighted by atomic mass is 10.0. The molecule has 0 saturated carbocycles. The topological polar surface area (TPSA) is 87.6 Å². The summed E-state index contributed by atoms with van der Waals surface area (Å²) < 4.78 is 16.3. The molecule has 8 nitrogen and oxygen atoms in total. The van der Waals surface area contributed by atoms with Crippen LogP contribution in [0, 0.1) is 0 Å². The van der Waals surface area contributed by atoms with Gasteiger partial charge in [-0.15, -0.1) is 0 Å². The second kappa shape index (κ2) is 11.8. The van der Waals surface area contributed by atoms with E-state index in [-0.39, 0.29) is 18.8 Å². The van der Waals surface area contributed by atoms with Crippen LogP contribution in [0.2, 0.25) is 0 Å². The second-order valence-corrected chi connectivity index (χ2v) is 7.52. The third kappa shape index (κ3) is 7.38. The molecule has 164 valence electrons. The maximum atomic E-state index is 8.93. The van der Waals surface area contributed by atoms with Crippen molar-refractivity contribution in [2.45, 2.75) is 32.9 Å². The Kier molecular flexibility index (Phi) is 9.50. The minimum Gasteiger partial charge on any atom is -0.493 e. The van der Waals surface area contributed by atoms with Gasteiger partial charge in [-0.25, -0.2) is 4.99 Å². The number of hydrogen-bond acceptors (Lipinski definition) is 6. The fourth-order valence-electron chi connectivity index (χ4n) is 3.18. The summed E-state index contributed by atoms with van der Waals surface area (Å²) in [6, 6.07) is 5.72. The Labute approximate surface area is 174 Å². The quantitative estimate of drug-likeness (QED) is 0.396. The number of methoxy groups -OCH3 is 1. The van der Waals surface area contributed by atoms with Gasteiger partial charge in [0.2, 0.25) is 0 Å². The maximum absolute atomic E-state index is 8.93. The van der Waals surface area contributed by atoms with Crippen molar-refractivity contribution >= 4 is 5.96 Å². The lowest BCUT2D eigenvalue weighted by molar-refractivity contribution is -0.00834. The molecule has 1 heterocycles. The number of rotatable bonds is 10. The second-order valence-electron chi connectivity index (χ2n) is 7.52. The van der Waals surface area contributed by atoms with Crippen molar-refractivity contribution in [2.75, 3.05) is 59.7 Å². The van der Waals surface area contributed by atoms with E-state index >= 15 is 0 Å². The molecule has 1 aromatic carbocycles. The Morgan fingerprint density at radius 3 is 2.66 bits per heavy atom. The summed E-state index contributed by atoms with van der Waals surface area (Å²) >= 11 is 0. The van der Waals surface area contributed by atoms with Crippen molar-refractivity contribution in [1.29, 1.82) is 0 Å². The van der Waals surface area contributed by atoms with Crippen LogP contribution >= 0.6 is 0 Å². The minimum absolute atomic E-state index is 0.00881. The number of hydrogen-bond donors (Lipinski definition) is 3. The molecule has 1 fully saturated rings. The molecule has 3 N–H and O–H groups in total. The Bertz CT molecular complexity index is 646. The number of nitrogens with zero attached hydrogens (tertiary/aromatic N) is 2. The third-order valence-electron chi connectivity index (χ3n) is 4.90. The average Bonchev–Trinajstić information content (AvgIpc) is 2.75. The molecular formula is C21H36N4O4. The van der Waals surface area contributed by atoms with E-state index in [1.807, 2.05) is 18.2 Å². The van der Waals surface area contributed by atoms with Gasteiger partial charge in [0.15, 0.2) is 17.5 Å². The van der Waals surface area contributed by atoms with Crippen LogP contribution in [0.4, 0.5) is 0 Å². The van der Waals surface area contributed by atoms with E-state index in [4.69, 9.17) is 24.3 Å². The largest absolute Gasteiger partial charge is 0.493 e. The van der Waals surface area contributed by atoms with Gasteiger partial charge in [0.1, 0.15) is 6.61 Å². The molecule has 0 aromatic heterocycles. The summed E-state index contributed by atoms with van der Waals surface area (Å²) in [5.74, 6) is 2.04. The molecular weight excluding hydrogens is 372 g/mol. The SMILES string of the molecule is CCNC(=NCc1ccc(OCCO)c(OC)c1)NCC(C)(C)N1CCOCC1. The lowest BCUT2D eigenvalue weighted by Gasteiger charge is -2.41. The summed E-state index contributed by atoms with van der Waals surface area (Å²) in [6.45, 7) is 12.3. The Morgan fingerprint density at radius 1 is 1.24 bits per heavy atom. The molecule has 8 heteroatoms. The molecule has 1 aliphatic heterocycles. The summed E-state index contributed by atoms with van der Waals surface area (Å²) in [6.07, 6.45) is 0. The van der Waals surface area contributed by atoms with E-state index in [1.54, 1.807) is 7.11 Å². The fraction of sp³-hybridized carbons (Fsp3) is 0.667. The van der Waals surface area contributed by atoms with Crippen molar-refractivity contribution in [3.05, 3.63) is 23.8 Å². The predicted molar refractivity (Wildman–Crippen MR) is 115 cm³/mol. The summed E-state index contributed by atoms with van der Waals surface area (Å²) in [7, 11) is 1.60. The standard InChI is InChI=1S/C21H36N4O4/c1-5-22-20(24-16-21(2,3)25-8-11-28-12-9-25)23-15-17-6-7-18(29-13-10-26)19(14-17)27-4/h6-7,14,26H,5,8-13,15-16H2,1-4H3,(H2,22,23,24). The fourth-order valence-corrected chi connectivity index (χ4v) is 3.18. The molecule has 0 aliphatic carbocycles. The number of morpholine rings is 1. The van der Waals surface area contributed by atoms with Crippen molar-refractivity contribution in [3.8, 4) is 11.5 Å². The highest BCUT2D eigenvalue weighted by Gasteiger charge is 2.28. The van der Waals surface area contributed by atoms with E-state index in [9.17, 15) is 0 Å². The molecule has 1 saturated heterocycles. The first-order valence-electron chi connectivity index (χ1n) is 10.3. The molecule has 1 aliphatic rings. The Balaban J connectivity index is 1.99. The molecule has 0 radical (unpaired) electrons. The van der Waals surface area contributed by atoms with E-state index in [1.165, 1.54) is 0 Å². The van der Waals surface area contributed by atoms with Crippen LogP contribution in [0.5, 0.6) is 11.5 Å². The Hall–Kier alpha value is -2.03. The van der Waals surface area contributed by atoms with Gasteiger partial charge in [0.05, 0.1) is 33.5 Å². The zero-order chi connectivity index (χ0) is 21.1. The lowest BCUT2D eigenvalue weighted by Crippen LogP contribution is -2.56. The first kappa shape index (κ1) is 23.3. The average molecular weight is 409 g/mol. The minimum atomic E-state index is -0.0340. The van der Waals surface area contributed by atoms with Crippen molar-refractivity contribution in [2.24, 2.45) is 4.99 Å². The highest BCUT2D eigenvalue weighted by molar-refractivity contribution is 5.79. The number of aliphatic imine (C=N–C) groups is 1. The molecule has 0 atom stereocenters. The van der Waals surface area contributed by atoms with Crippen LogP contribution in [-0.4, -0.2) is 81.2 Å². The molecule has 0 bridgehead atoms. The van der Waals surface area contributed by atoms with Gasteiger partial charge < -0.3 is 30.0 Å². The van der Waals surface area contributed by atoms with E-state index in [0.29, 0.717) is 18.0 Å². The third-order valence-corrected chi connectivity index (χ3v) is 4.90. The van der Waals surface area contributed by atoms with Crippen LogP contribution in [0.1, 0.15) is 26.3 Å². The normalized spacial score (nSPS) is 15.8. The van der Waals surface area contributed by atoms with E-state index in [0.717, 1.165) is 50.9 Å². The van der Waals surface area contributed by atoms with E-state index < -0.39 is 0 Å². The van der Waals surface area contributed by atoms with Gasteiger partial charge in [-0.1, -0.05) is 6.07 Å². The van der Waals surface area contributed by atoms with Crippen LogP contribution in [0.3, 0.4) is 0 Å². The Morgan fingerprint density at radius 2 is 2.00 bits per heavy atom. The van der Waals surface area contributed by atoms with Gasteiger partial charge >= 0.3 is 0 Å². The number of guanidine groups is 1. The van der Waals surface area contributed by atoms with Gasteiger partial charge in [0.25, 0.3) is 0 Å². The number of benzene rings is 1. The first-order chi connectivity index (χ1) is 14.0. The van der Waals surface area contributed by atoms with Crippen molar-refractivity contribution in [3.63, 3.8) is 0 Å². The van der Waals surface area contributed by atoms with Gasteiger partial charge in [-0.05, 0) is 38.5 Å². The zero-order valence-electron chi connectivity index (χ0n) is 18.2. The number of aliphatic hydroxyl groups is 1. The predicted octanol–water partition coefficient (Wildman–Crippen LogP) is 1.23. The van der Waals surface area contributed by atoms with Gasteiger partial charge in [-0.2, -0.15) is 0 Å². The zero-order valence-corrected chi connectivity index (χ0v) is 18.2. The molecule has 29 heavy (non-hydrogen) atoms. The molecule has 0 unspecified atom stereocenters. The molecule has 0 spiro atoms. The van der Waals surface area contributed by atoms with Gasteiger partial charge in [0, 0.05) is 31.7 Å². The van der Waals surface area contributed by atoms with Crippen molar-refractivity contribution in [1.82, 2.24) is 15.5 Å². The molecule has 1 aromatic rings. The van der Waals surface area contributed by atoms with E-state index in [2.05, 4.69) is 36.3 Å². The highest BCUT2D eigenvalue weighted by atomic mass is 16.5. The van der Waals surface area contributed by atoms with Crippen molar-refractivity contribution < 1.29 is 19.3 Å². The molecule has 0 amide bonds. The molecule has 2 rings (SSSR count). The number of nitrogens with one attached hydrogen (secondary N) is 2. The number of ether oxygens (including phenoxy) is 3. The summed E-state index contributed by atoms with van der Waals surface area (Å²) in [5.41, 5.74) is 1.03. The summed E-state index contributed by atoms with van der Waals surface area (Å²) in [4.78, 5) is 7.16. The number of aliphatic hydroxyl groups excluding tert-OH is 1. The van der Waals surface area contributed by atoms with Crippen LogP contribution < -0.4 is 20.1 Å². The highest BCUT2D eigenvalue weighted by Crippen LogP contribution is 2.28. The van der Waals surface area contributed by atoms with Crippen LogP contribution in [-0.2, 0) is 11.3 Å². The van der Waals surface area contributed by atoms with Gasteiger partial charge in [-0.3, -0.25) is 4.90 Å². The maximum Gasteiger partial charge on any atom is 0.191 e. The smallest absolute Gasteiger partial charge is 0.191 e. The monoisotopic (exact) mass is 408 g/mol. The summed E-state index contributed by atoms with van der Waals surface area (Å²) in [5, 5.41) is 15.7.